The molecule has 7 unspecified atom stereocenters. The van der Waals surface area contributed by atoms with Crippen LogP contribution in [-0.4, -0.2) is 60.6 Å². The van der Waals surface area contributed by atoms with Crippen LogP contribution < -0.4 is 27.2 Å². The standard InChI is InChI=1S/C15H31N5O2S2/c1-3-22-11-5-4-9(6-12(11)21-2)13-17-10(7-23-13)8-24-15-18-14(16)19-20-15/h9-15,17-20H,3-8,16H2,1-2H3. The lowest BCUT2D eigenvalue weighted by molar-refractivity contribution is -0.0848. The van der Waals surface area contributed by atoms with Crippen molar-refractivity contribution in [3.8, 4) is 0 Å². The molecule has 2 aliphatic heterocycles. The SMILES string of the molecule is CCOC1CCC(C2NC(CSC3NNC(N)N3)CS2)CC1OC. The van der Waals surface area contributed by atoms with E-state index in [4.69, 9.17) is 15.2 Å². The van der Waals surface area contributed by atoms with Crippen molar-refractivity contribution in [2.24, 2.45) is 11.7 Å². The largest absolute Gasteiger partial charge is 0.379 e. The van der Waals surface area contributed by atoms with E-state index in [-0.39, 0.29) is 24.0 Å². The molecule has 24 heavy (non-hydrogen) atoms. The average molecular weight is 378 g/mol. The van der Waals surface area contributed by atoms with Crippen molar-refractivity contribution in [3.63, 3.8) is 0 Å². The predicted molar refractivity (Wildman–Crippen MR) is 100 cm³/mol. The Kier molecular flexibility index (Phi) is 7.50. The van der Waals surface area contributed by atoms with Gasteiger partial charge in [-0.2, -0.15) is 0 Å². The van der Waals surface area contributed by atoms with E-state index in [1.807, 2.05) is 18.9 Å². The number of hydrogen-bond acceptors (Lipinski definition) is 9. The molecule has 0 radical (unpaired) electrons. The monoisotopic (exact) mass is 377 g/mol. The Labute approximate surface area is 153 Å². The van der Waals surface area contributed by atoms with Crippen molar-refractivity contribution in [3.05, 3.63) is 0 Å². The van der Waals surface area contributed by atoms with Gasteiger partial charge >= 0.3 is 0 Å². The van der Waals surface area contributed by atoms with Gasteiger partial charge in [0.25, 0.3) is 0 Å². The summed E-state index contributed by atoms with van der Waals surface area (Å²) in [7, 11) is 1.81. The van der Waals surface area contributed by atoms with Gasteiger partial charge in [-0.1, -0.05) is 0 Å². The fourth-order valence-electron chi connectivity index (χ4n) is 3.69. The van der Waals surface area contributed by atoms with Gasteiger partial charge in [-0.05, 0) is 32.1 Å². The van der Waals surface area contributed by atoms with Crippen molar-refractivity contribution in [2.45, 2.75) is 61.6 Å². The number of hydrogen-bond donors (Lipinski definition) is 5. The number of ether oxygens (including phenoxy) is 2. The first-order valence-electron chi connectivity index (χ1n) is 8.86. The highest BCUT2D eigenvalue weighted by Gasteiger charge is 2.38. The smallest absolute Gasteiger partial charge is 0.123 e. The summed E-state index contributed by atoms with van der Waals surface area (Å²) in [5.74, 6) is 2.92. The Morgan fingerprint density at radius 1 is 1.21 bits per heavy atom. The van der Waals surface area contributed by atoms with Gasteiger partial charge in [0, 0.05) is 31.3 Å². The second-order valence-electron chi connectivity index (χ2n) is 6.60. The van der Waals surface area contributed by atoms with Crippen molar-refractivity contribution >= 4 is 23.5 Å². The minimum Gasteiger partial charge on any atom is -0.379 e. The van der Waals surface area contributed by atoms with E-state index in [1.165, 1.54) is 12.2 Å². The summed E-state index contributed by atoms with van der Waals surface area (Å²) in [4.78, 5) is 0. The Bertz CT molecular complexity index is 395. The molecule has 0 aromatic heterocycles. The lowest BCUT2D eigenvalue weighted by atomic mass is 9.84. The van der Waals surface area contributed by atoms with Gasteiger partial charge in [0.15, 0.2) is 0 Å². The molecule has 0 aromatic carbocycles. The third-order valence-corrected chi connectivity index (χ3v) is 7.58. The second-order valence-corrected chi connectivity index (χ2v) is 8.92. The Morgan fingerprint density at radius 2 is 2.08 bits per heavy atom. The normalized spacial score (nSPS) is 43.4. The van der Waals surface area contributed by atoms with Crippen LogP contribution in [0.5, 0.6) is 0 Å². The van der Waals surface area contributed by atoms with E-state index < -0.39 is 0 Å². The fraction of sp³-hybridized carbons (Fsp3) is 1.00. The lowest BCUT2D eigenvalue weighted by Crippen LogP contribution is -2.44. The molecular weight excluding hydrogens is 346 g/mol. The molecule has 7 atom stereocenters. The van der Waals surface area contributed by atoms with Crippen molar-refractivity contribution in [1.29, 1.82) is 0 Å². The minimum atomic E-state index is -0.160. The molecule has 6 N–H and O–H groups in total. The number of thioether (sulfide) groups is 2. The highest BCUT2D eigenvalue weighted by atomic mass is 32.2. The second kappa shape index (κ2) is 9.38. The molecule has 2 heterocycles. The summed E-state index contributed by atoms with van der Waals surface area (Å²) in [5.41, 5.74) is 12.1. The van der Waals surface area contributed by atoms with Gasteiger partial charge in [-0.25, -0.2) is 10.9 Å². The maximum absolute atomic E-state index is 5.84. The first kappa shape index (κ1) is 19.2. The van der Waals surface area contributed by atoms with Crippen LogP contribution in [0.15, 0.2) is 0 Å². The number of methoxy groups -OCH3 is 1. The molecule has 7 nitrogen and oxygen atoms in total. The average Bonchev–Trinajstić information content (AvgIpc) is 3.22. The van der Waals surface area contributed by atoms with Crippen LogP contribution in [0, 0.1) is 5.92 Å². The zero-order valence-electron chi connectivity index (χ0n) is 14.5. The van der Waals surface area contributed by atoms with Gasteiger partial charge < -0.3 is 20.5 Å². The van der Waals surface area contributed by atoms with Crippen molar-refractivity contribution in [2.75, 3.05) is 25.2 Å². The third kappa shape index (κ3) is 4.99. The first-order valence-corrected chi connectivity index (χ1v) is 11.0. The number of hydrazine groups is 1. The van der Waals surface area contributed by atoms with Gasteiger partial charge in [-0.3, -0.25) is 5.32 Å². The maximum Gasteiger partial charge on any atom is 0.123 e. The molecule has 0 bridgehead atoms. The van der Waals surface area contributed by atoms with Crippen LogP contribution in [0.4, 0.5) is 0 Å². The summed E-state index contributed by atoms with van der Waals surface area (Å²) in [6.45, 7) is 2.83. The summed E-state index contributed by atoms with van der Waals surface area (Å²) in [6.07, 6.45) is 3.77. The summed E-state index contributed by atoms with van der Waals surface area (Å²) in [6, 6.07) is 0.552. The quantitative estimate of drug-likeness (QED) is 0.426. The van der Waals surface area contributed by atoms with Crippen LogP contribution in [0.2, 0.25) is 0 Å². The molecule has 3 fully saturated rings. The molecule has 0 amide bonds. The first-order chi connectivity index (χ1) is 11.7. The molecule has 0 aromatic rings. The van der Waals surface area contributed by atoms with Crippen LogP contribution in [0.25, 0.3) is 0 Å². The topological polar surface area (TPSA) is 92.6 Å². The summed E-state index contributed by atoms with van der Waals surface area (Å²) < 4.78 is 11.5. The molecule has 2 saturated heterocycles. The van der Waals surface area contributed by atoms with Crippen LogP contribution in [0.3, 0.4) is 0 Å². The van der Waals surface area contributed by atoms with Crippen molar-refractivity contribution < 1.29 is 9.47 Å². The van der Waals surface area contributed by atoms with Crippen molar-refractivity contribution in [1.82, 2.24) is 21.5 Å². The predicted octanol–water partition coefficient (Wildman–Crippen LogP) is 0.194. The van der Waals surface area contributed by atoms with Crippen LogP contribution >= 0.6 is 23.5 Å². The molecule has 1 aliphatic carbocycles. The van der Waals surface area contributed by atoms with E-state index in [2.05, 4.69) is 40.2 Å². The molecular formula is C15H31N5O2S2. The Morgan fingerprint density at radius 3 is 2.79 bits per heavy atom. The number of nitrogens with two attached hydrogens (primary N) is 1. The Balaban J connectivity index is 1.40. The minimum absolute atomic E-state index is 0.160. The molecule has 1 saturated carbocycles. The molecule has 0 spiro atoms. The van der Waals surface area contributed by atoms with Gasteiger partial charge in [0.05, 0.1) is 17.6 Å². The van der Waals surface area contributed by atoms with Gasteiger partial charge in [0.1, 0.15) is 11.8 Å². The van der Waals surface area contributed by atoms with E-state index >= 15 is 0 Å². The maximum atomic E-state index is 5.84. The molecule has 9 heteroatoms. The number of rotatable bonds is 7. The zero-order valence-corrected chi connectivity index (χ0v) is 16.1. The highest BCUT2D eigenvalue weighted by Crippen LogP contribution is 2.37. The summed E-state index contributed by atoms with van der Waals surface area (Å²) >= 11 is 3.93. The van der Waals surface area contributed by atoms with E-state index in [0.29, 0.717) is 17.3 Å². The van der Waals surface area contributed by atoms with E-state index in [0.717, 1.165) is 25.2 Å². The molecule has 140 valence electrons. The van der Waals surface area contributed by atoms with Crippen LogP contribution in [0.1, 0.15) is 26.2 Å². The molecule has 3 rings (SSSR count). The highest BCUT2D eigenvalue weighted by molar-refractivity contribution is 8.01. The third-order valence-electron chi connectivity index (χ3n) is 4.93. The molecule has 3 aliphatic rings. The fourth-order valence-corrected chi connectivity index (χ4v) is 6.33. The summed E-state index contributed by atoms with van der Waals surface area (Å²) in [5, 5.41) is 7.60. The van der Waals surface area contributed by atoms with E-state index in [1.54, 1.807) is 0 Å². The van der Waals surface area contributed by atoms with Gasteiger partial charge in [0.2, 0.25) is 0 Å². The number of nitrogens with one attached hydrogen (secondary N) is 4. The zero-order chi connectivity index (χ0) is 16.9. The Hall–Kier alpha value is 0.420. The van der Waals surface area contributed by atoms with E-state index in [9.17, 15) is 0 Å². The van der Waals surface area contributed by atoms with Gasteiger partial charge in [-0.15, -0.1) is 23.5 Å². The van der Waals surface area contributed by atoms with Crippen LogP contribution in [-0.2, 0) is 9.47 Å². The lowest BCUT2D eigenvalue weighted by Gasteiger charge is -2.37.